The summed E-state index contributed by atoms with van der Waals surface area (Å²) in [5.74, 6) is 0. The summed E-state index contributed by atoms with van der Waals surface area (Å²) in [7, 11) is 0. The van der Waals surface area contributed by atoms with Gasteiger partial charge >= 0.3 is 6.09 Å². The van der Waals surface area contributed by atoms with Crippen LogP contribution in [0.15, 0.2) is 18.3 Å². The molecule has 1 aliphatic heterocycles. The Balaban J connectivity index is 2.30. The number of aliphatic hydroxyl groups excluding tert-OH is 1. The summed E-state index contributed by atoms with van der Waals surface area (Å²) >= 11 is 0. The Morgan fingerprint density at radius 2 is 2.12 bits per heavy atom. The van der Waals surface area contributed by atoms with Crippen LogP contribution in [0.25, 0.3) is 0 Å². The molecule has 2 heterocycles. The van der Waals surface area contributed by atoms with E-state index >= 15 is 0 Å². The van der Waals surface area contributed by atoms with Gasteiger partial charge in [-0.25, -0.2) is 4.79 Å². The van der Waals surface area contributed by atoms with Crippen molar-refractivity contribution in [2.45, 2.75) is 71.4 Å². The van der Waals surface area contributed by atoms with Gasteiger partial charge in [-0.1, -0.05) is 0 Å². The molecule has 0 saturated carbocycles. The second-order valence-corrected chi connectivity index (χ2v) is 7.71. The van der Waals surface area contributed by atoms with Crippen LogP contribution in [-0.4, -0.2) is 51.2 Å². The zero-order valence-corrected chi connectivity index (χ0v) is 15.4. The smallest absolute Gasteiger partial charge is 0.412 e. The molecule has 6 heteroatoms. The van der Waals surface area contributed by atoms with Crippen molar-refractivity contribution in [3.63, 3.8) is 0 Å². The summed E-state index contributed by atoms with van der Waals surface area (Å²) in [4.78, 5) is 18.5. The minimum absolute atomic E-state index is 0.155. The molecule has 0 spiro atoms. The summed E-state index contributed by atoms with van der Waals surface area (Å²) in [5, 5.41) is 9.72. The quantitative estimate of drug-likeness (QED) is 0.919. The minimum Gasteiger partial charge on any atom is -0.444 e. The van der Waals surface area contributed by atoms with Crippen molar-refractivity contribution in [1.82, 2.24) is 9.88 Å². The molecule has 0 radical (unpaired) electrons. The molecule has 2 rings (SSSR count). The van der Waals surface area contributed by atoms with Crippen LogP contribution < -0.4 is 0 Å². The number of pyridine rings is 1. The molecule has 1 aromatic rings. The van der Waals surface area contributed by atoms with E-state index in [0.29, 0.717) is 6.42 Å². The van der Waals surface area contributed by atoms with Crippen molar-refractivity contribution in [2.75, 3.05) is 6.61 Å². The number of aryl methyl sites for hydroxylation is 1. The van der Waals surface area contributed by atoms with Gasteiger partial charge in [0.05, 0.1) is 12.6 Å². The van der Waals surface area contributed by atoms with E-state index in [9.17, 15) is 9.90 Å². The van der Waals surface area contributed by atoms with Gasteiger partial charge in [0.1, 0.15) is 17.4 Å². The van der Waals surface area contributed by atoms with E-state index in [1.165, 1.54) is 0 Å². The van der Waals surface area contributed by atoms with E-state index in [0.717, 1.165) is 11.3 Å². The molecule has 1 amide bonds. The topological polar surface area (TPSA) is 71.9 Å². The molecule has 1 aliphatic rings. The largest absolute Gasteiger partial charge is 0.444 e. The van der Waals surface area contributed by atoms with Gasteiger partial charge in [0.25, 0.3) is 0 Å². The molecule has 2 unspecified atom stereocenters. The van der Waals surface area contributed by atoms with Crippen molar-refractivity contribution in [1.29, 1.82) is 0 Å². The third-order valence-corrected chi connectivity index (χ3v) is 3.96. The highest BCUT2D eigenvalue weighted by molar-refractivity contribution is 5.70. The number of ether oxygens (including phenoxy) is 2. The summed E-state index contributed by atoms with van der Waals surface area (Å²) in [6.07, 6.45) is 1.43. The zero-order valence-electron chi connectivity index (χ0n) is 15.4. The third kappa shape index (κ3) is 4.24. The molecule has 24 heavy (non-hydrogen) atoms. The highest BCUT2D eigenvalue weighted by atomic mass is 16.6. The number of aliphatic hydroxyl groups is 1. The Labute approximate surface area is 143 Å². The highest BCUT2D eigenvalue weighted by Gasteiger charge is 2.50. The highest BCUT2D eigenvalue weighted by Crippen LogP contribution is 2.35. The molecule has 1 aromatic heterocycles. The molecule has 0 bridgehead atoms. The molecule has 2 atom stereocenters. The van der Waals surface area contributed by atoms with Gasteiger partial charge in [-0.3, -0.25) is 9.88 Å². The number of hydrogen-bond acceptors (Lipinski definition) is 5. The fourth-order valence-corrected chi connectivity index (χ4v) is 3.09. The molecule has 1 N–H and O–H groups in total. The number of carbonyl (C=O) groups is 1. The van der Waals surface area contributed by atoms with Gasteiger partial charge in [-0.2, -0.15) is 0 Å². The Bertz CT molecular complexity index is 595. The van der Waals surface area contributed by atoms with Crippen molar-refractivity contribution >= 4 is 6.09 Å². The maximum Gasteiger partial charge on any atom is 0.412 e. The van der Waals surface area contributed by atoms with Gasteiger partial charge in [0, 0.05) is 11.9 Å². The van der Waals surface area contributed by atoms with E-state index in [2.05, 4.69) is 4.98 Å². The second-order valence-electron chi connectivity index (χ2n) is 7.71. The van der Waals surface area contributed by atoms with Gasteiger partial charge in [0.2, 0.25) is 0 Å². The van der Waals surface area contributed by atoms with Crippen molar-refractivity contribution in [2.24, 2.45) is 0 Å². The minimum atomic E-state index is -0.845. The van der Waals surface area contributed by atoms with Crippen LogP contribution in [0.4, 0.5) is 4.79 Å². The van der Waals surface area contributed by atoms with E-state index in [4.69, 9.17) is 9.47 Å². The summed E-state index contributed by atoms with van der Waals surface area (Å²) in [5.41, 5.74) is 0.515. The molecular weight excluding hydrogens is 308 g/mol. The zero-order chi connectivity index (χ0) is 18.1. The van der Waals surface area contributed by atoms with E-state index in [1.807, 2.05) is 53.7 Å². The first kappa shape index (κ1) is 18.7. The maximum atomic E-state index is 12.7. The van der Waals surface area contributed by atoms with Crippen LogP contribution in [0.5, 0.6) is 0 Å². The summed E-state index contributed by atoms with van der Waals surface area (Å²) in [6, 6.07) is 3.59. The average Bonchev–Trinajstić information content (AvgIpc) is 2.67. The molecule has 6 nitrogen and oxygen atoms in total. The van der Waals surface area contributed by atoms with Crippen LogP contribution in [0.2, 0.25) is 0 Å². The van der Waals surface area contributed by atoms with Crippen LogP contribution in [0.3, 0.4) is 0 Å². The second kappa shape index (κ2) is 6.69. The van der Waals surface area contributed by atoms with Crippen molar-refractivity contribution in [3.05, 3.63) is 29.6 Å². The fourth-order valence-electron chi connectivity index (χ4n) is 3.09. The van der Waals surface area contributed by atoms with Crippen LogP contribution in [0.1, 0.15) is 45.9 Å². The molecule has 1 saturated heterocycles. The van der Waals surface area contributed by atoms with Gasteiger partial charge in [-0.05, 0) is 65.7 Å². The van der Waals surface area contributed by atoms with E-state index in [-0.39, 0.29) is 12.6 Å². The average molecular weight is 336 g/mol. The lowest BCUT2D eigenvalue weighted by Crippen LogP contribution is -2.51. The lowest BCUT2D eigenvalue weighted by atomic mass is 10.0. The normalized spacial score (nSPS) is 23.4. The predicted molar refractivity (Wildman–Crippen MR) is 90.6 cm³/mol. The monoisotopic (exact) mass is 336 g/mol. The Hall–Kier alpha value is -1.66. The van der Waals surface area contributed by atoms with E-state index in [1.54, 1.807) is 11.1 Å². The Kier molecular flexibility index (Phi) is 5.20. The first-order valence-electron chi connectivity index (χ1n) is 8.26. The van der Waals surface area contributed by atoms with Crippen LogP contribution >= 0.6 is 0 Å². The Morgan fingerprint density at radius 1 is 1.46 bits per heavy atom. The molecule has 1 fully saturated rings. The van der Waals surface area contributed by atoms with Gasteiger partial charge in [-0.15, -0.1) is 0 Å². The first-order chi connectivity index (χ1) is 11.0. The molecule has 0 aromatic carbocycles. The van der Waals surface area contributed by atoms with Gasteiger partial charge in [0.15, 0.2) is 0 Å². The number of carbonyl (C=O) groups excluding carboxylic acids is 1. The number of amides is 1. The lowest BCUT2D eigenvalue weighted by Gasteiger charge is -2.35. The SMILES string of the molecule is Cc1cc(CC2C(CO)OC(C)(C)N2C(=O)OC(C)(C)C)ccn1. The predicted octanol–water partition coefficient (Wildman–Crippen LogP) is 2.67. The molecule has 134 valence electrons. The van der Waals surface area contributed by atoms with Crippen LogP contribution in [0, 0.1) is 6.92 Å². The number of hydrogen-bond donors (Lipinski definition) is 1. The van der Waals surface area contributed by atoms with Crippen molar-refractivity contribution in [3.8, 4) is 0 Å². The van der Waals surface area contributed by atoms with Crippen LogP contribution in [-0.2, 0) is 15.9 Å². The van der Waals surface area contributed by atoms with Crippen molar-refractivity contribution < 1.29 is 19.4 Å². The van der Waals surface area contributed by atoms with Gasteiger partial charge < -0.3 is 14.6 Å². The maximum absolute atomic E-state index is 12.7. The molecular formula is C18H28N2O4. The number of aromatic nitrogens is 1. The number of rotatable bonds is 3. The third-order valence-electron chi connectivity index (χ3n) is 3.96. The van der Waals surface area contributed by atoms with E-state index < -0.39 is 23.5 Å². The molecule has 0 aliphatic carbocycles. The Morgan fingerprint density at radius 3 is 2.67 bits per heavy atom. The summed E-state index contributed by atoms with van der Waals surface area (Å²) in [6.45, 7) is 10.9. The standard InChI is InChI=1S/C18H28N2O4/c1-12-9-13(7-8-19-12)10-14-15(11-21)23-18(5,6)20(14)16(22)24-17(2,3)4/h7-9,14-15,21H,10-11H2,1-6H3. The fraction of sp³-hybridized carbons (Fsp3) is 0.667. The summed E-state index contributed by atoms with van der Waals surface area (Å²) < 4.78 is 11.5. The first-order valence-corrected chi connectivity index (χ1v) is 8.26. The lowest BCUT2D eigenvalue weighted by molar-refractivity contribution is -0.0866. The number of nitrogens with zero attached hydrogens (tertiary/aromatic N) is 2.